The first-order valence-electron chi connectivity index (χ1n) is 6.55. The summed E-state index contributed by atoms with van der Waals surface area (Å²) in [6.45, 7) is 5.33. The summed E-state index contributed by atoms with van der Waals surface area (Å²) in [5, 5.41) is 0. The van der Waals surface area contributed by atoms with E-state index in [-0.39, 0.29) is 29.1 Å². The Morgan fingerprint density at radius 1 is 1.30 bits per heavy atom. The Morgan fingerprint density at radius 2 is 1.95 bits per heavy atom. The molecule has 0 amide bonds. The van der Waals surface area contributed by atoms with Gasteiger partial charge in [-0.3, -0.25) is 18.8 Å². The maximum atomic E-state index is 11.9. The molecule has 114 valence electrons. The fraction of sp³-hybridized carbons (Fsp3) is 0.692. The van der Waals surface area contributed by atoms with E-state index in [0.29, 0.717) is 13.1 Å². The van der Waals surface area contributed by atoms with E-state index in [1.54, 1.807) is 17.7 Å². The van der Waals surface area contributed by atoms with Crippen LogP contribution >= 0.6 is 12.4 Å². The minimum Gasteiger partial charge on any atom is -0.330 e. The van der Waals surface area contributed by atoms with Gasteiger partial charge in [0.25, 0.3) is 5.56 Å². The lowest BCUT2D eigenvalue weighted by molar-refractivity contribution is 0.268. The van der Waals surface area contributed by atoms with Gasteiger partial charge in [0.2, 0.25) is 0 Å². The van der Waals surface area contributed by atoms with E-state index in [4.69, 9.17) is 5.73 Å². The van der Waals surface area contributed by atoms with Crippen molar-refractivity contribution in [3.05, 3.63) is 32.6 Å². The van der Waals surface area contributed by atoms with Crippen molar-refractivity contribution in [3.8, 4) is 0 Å². The molecule has 2 N–H and O–H groups in total. The highest BCUT2D eigenvalue weighted by molar-refractivity contribution is 5.85. The molecular weight excluding hydrogens is 280 g/mol. The van der Waals surface area contributed by atoms with Gasteiger partial charge in [-0.15, -0.1) is 12.4 Å². The molecule has 0 aliphatic carbocycles. The highest BCUT2D eigenvalue weighted by atomic mass is 35.5. The molecular formula is C13H23ClN4O2. The Kier molecular flexibility index (Phi) is 5.18. The van der Waals surface area contributed by atoms with Gasteiger partial charge in [-0.1, -0.05) is 6.92 Å². The molecule has 0 spiro atoms. The largest absolute Gasteiger partial charge is 0.330 e. The maximum Gasteiger partial charge on any atom is 0.330 e. The third-order valence-corrected chi connectivity index (χ3v) is 4.14. The fourth-order valence-electron chi connectivity index (χ4n) is 2.59. The topological polar surface area (TPSA) is 73.3 Å². The monoisotopic (exact) mass is 302 g/mol. The lowest BCUT2D eigenvalue weighted by Crippen LogP contribution is -2.39. The van der Waals surface area contributed by atoms with Crippen LogP contribution in [0, 0.1) is 5.41 Å². The first-order chi connectivity index (χ1) is 8.86. The summed E-state index contributed by atoms with van der Waals surface area (Å²) >= 11 is 0. The first kappa shape index (κ1) is 16.9. The molecule has 1 aliphatic heterocycles. The summed E-state index contributed by atoms with van der Waals surface area (Å²) in [4.78, 5) is 25.8. The van der Waals surface area contributed by atoms with Crippen molar-refractivity contribution in [1.29, 1.82) is 0 Å². The van der Waals surface area contributed by atoms with Crippen molar-refractivity contribution >= 4 is 12.4 Å². The quantitative estimate of drug-likeness (QED) is 0.830. The summed E-state index contributed by atoms with van der Waals surface area (Å²) in [7, 11) is 3.20. The van der Waals surface area contributed by atoms with E-state index in [9.17, 15) is 9.59 Å². The van der Waals surface area contributed by atoms with E-state index in [1.165, 1.54) is 7.05 Å². The Labute approximate surface area is 124 Å². The molecule has 2 heterocycles. The smallest absolute Gasteiger partial charge is 0.330 e. The van der Waals surface area contributed by atoms with Gasteiger partial charge in [0, 0.05) is 38.9 Å². The van der Waals surface area contributed by atoms with Crippen molar-refractivity contribution in [1.82, 2.24) is 14.0 Å². The zero-order valence-corrected chi connectivity index (χ0v) is 13.1. The first-order valence-corrected chi connectivity index (χ1v) is 6.55. The van der Waals surface area contributed by atoms with Gasteiger partial charge in [0.15, 0.2) is 0 Å². The summed E-state index contributed by atoms with van der Waals surface area (Å²) in [5.74, 6) is 0. The number of hydrogen-bond acceptors (Lipinski definition) is 4. The van der Waals surface area contributed by atoms with Gasteiger partial charge >= 0.3 is 5.69 Å². The molecule has 0 bridgehead atoms. The average Bonchev–Trinajstić information content (AvgIpc) is 2.76. The number of hydrogen-bond donors (Lipinski definition) is 1. The van der Waals surface area contributed by atoms with Crippen molar-refractivity contribution in [2.24, 2.45) is 25.2 Å². The third-order valence-electron chi connectivity index (χ3n) is 4.14. The summed E-state index contributed by atoms with van der Waals surface area (Å²) in [5.41, 5.74) is 6.17. The molecule has 1 aliphatic rings. The van der Waals surface area contributed by atoms with Gasteiger partial charge in [0.05, 0.1) is 0 Å². The number of aromatic nitrogens is 2. The maximum absolute atomic E-state index is 11.9. The van der Waals surface area contributed by atoms with Crippen LogP contribution in [0.5, 0.6) is 0 Å². The molecule has 2 rings (SSSR count). The number of nitrogens with zero attached hydrogens (tertiary/aromatic N) is 3. The third kappa shape index (κ3) is 3.13. The van der Waals surface area contributed by atoms with Crippen LogP contribution in [-0.2, 0) is 20.6 Å². The minimum atomic E-state index is -0.275. The number of nitrogens with two attached hydrogens (primary N) is 1. The highest BCUT2D eigenvalue weighted by Gasteiger charge is 2.32. The van der Waals surface area contributed by atoms with Crippen LogP contribution in [0.3, 0.4) is 0 Å². The summed E-state index contributed by atoms with van der Waals surface area (Å²) in [6.07, 6.45) is 1.06. The van der Waals surface area contributed by atoms with Crippen molar-refractivity contribution in [2.45, 2.75) is 19.9 Å². The summed E-state index contributed by atoms with van der Waals surface area (Å²) < 4.78 is 2.66. The molecule has 1 aromatic rings. The molecule has 0 radical (unpaired) electrons. The molecule has 20 heavy (non-hydrogen) atoms. The lowest BCUT2D eigenvalue weighted by Gasteiger charge is -2.23. The second kappa shape index (κ2) is 6.11. The molecule has 0 aromatic carbocycles. The van der Waals surface area contributed by atoms with Gasteiger partial charge in [-0.25, -0.2) is 4.79 Å². The average molecular weight is 303 g/mol. The second-order valence-electron chi connectivity index (χ2n) is 5.85. The van der Waals surface area contributed by atoms with E-state index in [0.717, 1.165) is 29.8 Å². The predicted octanol–water partition coefficient (Wildman–Crippen LogP) is -0.323. The van der Waals surface area contributed by atoms with E-state index in [1.807, 2.05) is 0 Å². The van der Waals surface area contributed by atoms with Gasteiger partial charge in [0.1, 0.15) is 0 Å². The Morgan fingerprint density at radius 3 is 2.50 bits per heavy atom. The molecule has 1 saturated heterocycles. The molecule has 1 aromatic heterocycles. The second-order valence-corrected chi connectivity index (χ2v) is 5.85. The standard InChI is InChI=1S/C13H22N4O2.ClH/c1-13(8-14)4-5-17(9-13)7-10-6-11(18)16(3)12(19)15(10)2;/h6H,4-5,7-9,14H2,1-3H3;1H. The van der Waals surface area contributed by atoms with Crippen LogP contribution in [0.1, 0.15) is 19.0 Å². The predicted molar refractivity (Wildman–Crippen MR) is 81.2 cm³/mol. The van der Waals surface area contributed by atoms with Crippen LogP contribution < -0.4 is 17.0 Å². The zero-order valence-electron chi connectivity index (χ0n) is 12.3. The van der Waals surface area contributed by atoms with E-state index < -0.39 is 0 Å². The Balaban J connectivity index is 0.00000200. The van der Waals surface area contributed by atoms with E-state index in [2.05, 4.69) is 11.8 Å². The van der Waals surface area contributed by atoms with Crippen LogP contribution in [0.2, 0.25) is 0 Å². The number of halogens is 1. The zero-order chi connectivity index (χ0) is 14.2. The molecule has 1 unspecified atom stereocenters. The van der Waals surface area contributed by atoms with Crippen LogP contribution in [0.15, 0.2) is 15.7 Å². The van der Waals surface area contributed by atoms with Crippen LogP contribution in [0.25, 0.3) is 0 Å². The highest BCUT2D eigenvalue weighted by Crippen LogP contribution is 2.29. The fourth-order valence-corrected chi connectivity index (χ4v) is 2.59. The molecule has 1 atom stereocenters. The van der Waals surface area contributed by atoms with Crippen molar-refractivity contribution in [2.75, 3.05) is 19.6 Å². The molecule has 1 fully saturated rings. The van der Waals surface area contributed by atoms with Gasteiger partial charge < -0.3 is 5.73 Å². The van der Waals surface area contributed by atoms with Gasteiger partial charge in [-0.05, 0) is 24.9 Å². The SMILES string of the molecule is Cl.Cn1c(CN2CCC(C)(CN)C2)cc(=O)n(C)c1=O. The lowest BCUT2D eigenvalue weighted by atomic mass is 9.90. The van der Waals surface area contributed by atoms with Crippen molar-refractivity contribution in [3.63, 3.8) is 0 Å². The summed E-state index contributed by atoms with van der Waals surface area (Å²) in [6, 6.07) is 1.54. The molecule has 6 nitrogen and oxygen atoms in total. The molecule has 0 saturated carbocycles. The number of likely N-dealkylation sites (tertiary alicyclic amines) is 1. The van der Waals surface area contributed by atoms with Crippen molar-refractivity contribution < 1.29 is 0 Å². The minimum absolute atomic E-state index is 0. The van der Waals surface area contributed by atoms with Crippen LogP contribution in [-0.4, -0.2) is 33.7 Å². The number of rotatable bonds is 3. The Bertz CT molecular complexity index is 595. The molecule has 7 heteroatoms. The van der Waals surface area contributed by atoms with E-state index >= 15 is 0 Å². The van der Waals surface area contributed by atoms with Gasteiger partial charge in [-0.2, -0.15) is 0 Å². The Hall–Kier alpha value is -1.11. The normalized spacial score (nSPS) is 22.8. The van der Waals surface area contributed by atoms with Crippen LogP contribution in [0.4, 0.5) is 0 Å².